The molecule has 3 aromatic rings. The van der Waals surface area contributed by atoms with E-state index in [1.165, 1.54) is 21.9 Å². The normalized spacial score (nSPS) is 12.4. The van der Waals surface area contributed by atoms with Crippen molar-refractivity contribution >= 4 is 10.8 Å². The van der Waals surface area contributed by atoms with Crippen LogP contribution >= 0.6 is 0 Å². The van der Waals surface area contributed by atoms with Crippen molar-refractivity contribution in [3.05, 3.63) is 72.3 Å². The highest BCUT2D eigenvalue weighted by atomic mass is 14.9. The third-order valence-electron chi connectivity index (χ3n) is 3.87. The molecular formula is C18H19N3. The molecule has 1 N–H and O–H groups in total. The summed E-state index contributed by atoms with van der Waals surface area (Å²) in [6, 6.07) is 12.8. The topological polar surface area (TPSA) is 37.8 Å². The first kappa shape index (κ1) is 13.7. The van der Waals surface area contributed by atoms with E-state index in [1.54, 1.807) is 0 Å². The zero-order chi connectivity index (χ0) is 14.5. The van der Waals surface area contributed by atoms with E-state index in [0.717, 1.165) is 12.8 Å². The number of benzene rings is 1. The number of rotatable bonds is 5. The average Bonchev–Trinajstić information content (AvgIpc) is 2.56. The Labute approximate surface area is 125 Å². The number of nitrogens with one attached hydrogen (secondary N) is 1. The number of pyridine rings is 2. The van der Waals surface area contributed by atoms with Crippen molar-refractivity contribution in [2.75, 3.05) is 7.05 Å². The molecular weight excluding hydrogens is 258 g/mol. The minimum Gasteiger partial charge on any atom is -0.313 e. The van der Waals surface area contributed by atoms with Gasteiger partial charge in [-0.1, -0.05) is 30.3 Å². The molecule has 0 aliphatic carbocycles. The Morgan fingerprint density at radius 1 is 1.00 bits per heavy atom. The molecule has 0 aliphatic heterocycles. The van der Waals surface area contributed by atoms with Gasteiger partial charge in [-0.2, -0.15) is 0 Å². The van der Waals surface area contributed by atoms with Crippen LogP contribution in [0.2, 0.25) is 0 Å². The summed E-state index contributed by atoms with van der Waals surface area (Å²) in [6.07, 6.45) is 9.68. The summed E-state index contributed by atoms with van der Waals surface area (Å²) in [7, 11) is 2.01. The molecule has 0 radical (unpaired) electrons. The first-order valence-electron chi connectivity index (χ1n) is 7.27. The first-order chi connectivity index (χ1) is 10.4. The number of aromatic nitrogens is 2. The van der Waals surface area contributed by atoms with E-state index in [4.69, 9.17) is 0 Å². The fourth-order valence-corrected chi connectivity index (χ4v) is 2.73. The Kier molecular flexibility index (Phi) is 4.22. The minimum absolute atomic E-state index is 0.295. The summed E-state index contributed by atoms with van der Waals surface area (Å²) in [5.41, 5.74) is 2.53. The fourth-order valence-electron chi connectivity index (χ4n) is 2.73. The van der Waals surface area contributed by atoms with Crippen LogP contribution in [0.3, 0.4) is 0 Å². The highest BCUT2D eigenvalue weighted by Gasteiger charge is 2.13. The lowest BCUT2D eigenvalue weighted by Crippen LogP contribution is -2.17. The number of fused-ring (bicyclic) bond motifs is 1. The van der Waals surface area contributed by atoms with Gasteiger partial charge in [0.25, 0.3) is 0 Å². The van der Waals surface area contributed by atoms with Crippen LogP contribution in [0.15, 0.2) is 61.2 Å². The zero-order valence-corrected chi connectivity index (χ0v) is 12.2. The summed E-state index contributed by atoms with van der Waals surface area (Å²) in [4.78, 5) is 8.56. The van der Waals surface area contributed by atoms with Crippen LogP contribution in [0.1, 0.15) is 23.6 Å². The van der Waals surface area contributed by atoms with Gasteiger partial charge < -0.3 is 5.32 Å². The molecule has 0 bridgehead atoms. The maximum absolute atomic E-state index is 4.38. The fraction of sp³-hybridized carbons (Fsp3) is 0.222. The van der Waals surface area contributed by atoms with E-state index >= 15 is 0 Å². The molecule has 0 aliphatic rings. The Hall–Kier alpha value is -2.26. The molecule has 2 aromatic heterocycles. The molecule has 0 saturated heterocycles. The van der Waals surface area contributed by atoms with E-state index in [9.17, 15) is 0 Å². The summed E-state index contributed by atoms with van der Waals surface area (Å²) in [6.45, 7) is 0. The van der Waals surface area contributed by atoms with Gasteiger partial charge in [0.1, 0.15) is 0 Å². The van der Waals surface area contributed by atoms with Crippen molar-refractivity contribution in [3.63, 3.8) is 0 Å². The maximum Gasteiger partial charge on any atom is 0.0346 e. The quantitative estimate of drug-likeness (QED) is 0.775. The van der Waals surface area contributed by atoms with Gasteiger partial charge in [-0.05, 0) is 42.5 Å². The van der Waals surface area contributed by atoms with Crippen LogP contribution in [0.25, 0.3) is 10.8 Å². The van der Waals surface area contributed by atoms with Crippen LogP contribution in [0.5, 0.6) is 0 Å². The van der Waals surface area contributed by atoms with Gasteiger partial charge in [0.05, 0.1) is 0 Å². The van der Waals surface area contributed by atoms with Crippen LogP contribution < -0.4 is 5.32 Å². The predicted molar refractivity (Wildman–Crippen MR) is 86.1 cm³/mol. The second kappa shape index (κ2) is 6.46. The van der Waals surface area contributed by atoms with Crippen molar-refractivity contribution in [2.45, 2.75) is 18.9 Å². The van der Waals surface area contributed by atoms with Crippen molar-refractivity contribution in [3.8, 4) is 0 Å². The SMILES string of the molecule is CNC(CCc1cccnc1)c1cncc2ccccc12. The van der Waals surface area contributed by atoms with E-state index in [-0.39, 0.29) is 0 Å². The molecule has 3 heteroatoms. The third-order valence-corrected chi connectivity index (χ3v) is 3.87. The summed E-state index contributed by atoms with van der Waals surface area (Å²) < 4.78 is 0. The van der Waals surface area contributed by atoms with Crippen molar-refractivity contribution in [1.82, 2.24) is 15.3 Å². The number of hydrogen-bond acceptors (Lipinski definition) is 3. The lowest BCUT2D eigenvalue weighted by atomic mass is 9.97. The van der Waals surface area contributed by atoms with Crippen LogP contribution in [0, 0.1) is 0 Å². The summed E-state index contributed by atoms with van der Waals surface area (Å²) in [5, 5.41) is 5.89. The molecule has 0 spiro atoms. The first-order valence-corrected chi connectivity index (χ1v) is 7.27. The predicted octanol–water partition coefficient (Wildman–Crippen LogP) is 3.52. The van der Waals surface area contributed by atoms with Crippen molar-refractivity contribution in [2.24, 2.45) is 0 Å². The monoisotopic (exact) mass is 277 g/mol. The molecule has 0 amide bonds. The van der Waals surface area contributed by atoms with Gasteiger partial charge in [0.2, 0.25) is 0 Å². The largest absolute Gasteiger partial charge is 0.313 e. The lowest BCUT2D eigenvalue weighted by Gasteiger charge is -2.18. The number of aryl methyl sites for hydroxylation is 1. The molecule has 1 atom stereocenters. The van der Waals surface area contributed by atoms with E-state index < -0.39 is 0 Å². The molecule has 106 valence electrons. The van der Waals surface area contributed by atoms with Gasteiger partial charge in [0, 0.05) is 36.2 Å². The van der Waals surface area contributed by atoms with Gasteiger partial charge in [-0.15, -0.1) is 0 Å². The molecule has 2 heterocycles. The second-order valence-corrected chi connectivity index (χ2v) is 5.19. The lowest BCUT2D eigenvalue weighted by molar-refractivity contribution is 0.551. The van der Waals surface area contributed by atoms with Gasteiger partial charge in [-0.25, -0.2) is 0 Å². The van der Waals surface area contributed by atoms with Crippen LogP contribution in [-0.4, -0.2) is 17.0 Å². The Morgan fingerprint density at radius 3 is 2.71 bits per heavy atom. The average molecular weight is 277 g/mol. The van der Waals surface area contributed by atoms with E-state index in [2.05, 4.69) is 45.6 Å². The molecule has 0 saturated carbocycles. The van der Waals surface area contributed by atoms with Crippen molar-refractivity contribution in [1.29, 1.82) is 0 Å². The van der Waals surface area contributed by atoms with E-state index in [0.29, 0.717) is 6.04 Å². The third kappa shape index (κ3) is 3.09. The standard InChI is InChI=1S/C18H19N3/c1-19-18(9-8-14-5-4-10-20-11-14)17-13-21-12-15-6-2-3-7-16(15)17/h2-7,10-13,18-19H,8-9H2,1H3. The van der Waals surface area contributed by atoms with Gasteiger partial charge in [0.15, 0.2) is 0 Å². The molecule has 21 heavy (non-hydrogen) atoms. The Balaban J connectivity index is 1.85. The smallest absolute Gasteiger partial charge is 0.0346 e. The molecule has 3 nitrogen and oxygen atoms in total. The number of nitrogens with zero attached hydrogens (tertiary/aromatic N) is 2. The van der Waals surface area contributed by atoms with Crippen LogP contribution in [-0.2, 0) is 6.42 Å². The zero-order valence-electron chi connectivity index (χ0n) is 12.2. The minimum atomic E-state index is 0.295. The second-order valence-electron chi connectivity index (χ2n) is 5.19. The molecule has 1 unspecified atom stereocenters. The van der Waals surface area contributed by atoms with Crippen LogP contribution in [0.4, 0.5) is 0 Å². The highest BCUT2D eigenvalue weighted by Crippen LogP contribution is 2.26. The molecule has 3 rings (SSSR count). The van der Waals surface area contributed by atoms with Gasteiger partial charge >= 0.3 is 0 Å². The maximum atomic E-state index is 4.38. The highest BCUT2D eigenvalue weighted by molar-refractivity contribution is 5.85. The van der Waals surface area contributed by atoms with Gasteiger partial charge in [-0.3, -0.25) is 9.97 Å². The molecule has 0 fully saturated rings. The summed E-state index contributed by atoms with van der Waals surface area (Å²) in [5.74, 6) is 0. The Bertz CT molecular complexity index is 704. The van der Waals surface area contributed by atoms with Crippen molar-refractivity contribution < 1.29 is 0 Å². The molecule has 1 aromatic carbocycles. The number of hydrogen-bond donors (Lipinski definition) is 1. The van der Waals surface area contributed by atoms with E-state index in [1.807, 2.05) is 37.9 Å². The Morgan fingerprint density at radius 2 is 1.90 bits per heavy atom. The summed E-state index contributed by atoms with van der Waals surface area (Å²) >= 11 is 0.